The van der Waals surface area contributed by atoms with E-state index in [1.165, 1.54) is 0 Å². The Bertz CT molecular complexity index is 1340. The third-order valence-corrected chi connectivity index (χ3v) is 5.26. The van der Waals surface area contributed by atoms with Crippen LogP contribution in [0.4, 0.5) is 10.5 Å². The van der Waals surface area contributed by atoms with Gasteiger partial charge in [-0.1, -0.05) is 78.9 Å². The van der Waals surface area contributed by atoms with Crippen molar-refractivity contribution in [3.05, 3.63) is 115 Å². The van der Waals surface area contributed by atoms with Gasteiger partial charge in [0, 0.05) is 11.1 Å². The van der Waals surface area contributed by atoms with E-state index in [0.29, 0.717) is 11.4 Å². The van der Waals surface area contributed by atoms with Gasteiger partial charge in [-0.05, 0) is 52.6 Å². The van der Waals surface area contributed by atoms with Crippen molar-refractivity contribution < 1.29 is 13.9 Å². The van der Waals surface area contributed by atoms with E-state index >= 15 is 0 Å². The van der Waals surface area contributed by atoms with Crippen LogP contribution in [0.25, 0.3) is 33.2 Å². The van der Waals surface area contributed by atoms with Crippen LogP contribution in [0.2, 0.25) is 0 Å². The molecule has 4 nitrogen and oxygen atoms in total. The predicted molar refractivity (Wildman–Crippen MR) is 127 cm³/mol. The number of hydrogen-bond donors (Lipinski definition) is 1. The average molecular weight is 419 g/mol. The molecule has 0 spiro atoms. The molecular weight excluding hydrogens is 398 g/mol. The first-order valence-corrected chi connectivity index (χ1v) is 10.4. The molecule has 0 fully saturated rings. The minimum absolute atomic E-state index is 0.0588. The molecule has 1 aromatic heterocycles. The van der Waals surface area contributed by atoms with Crippen LogP contribution in [0.1, 0.15) is 5.76 Å². The molecule has 0 aliphatic carbocycles. The summed E-state index contributed by atoms with van der Waals surface area (Å²) in [4.78, 5) is 12.2. The summed E-state index contributed by atoms with van der Waals surface area (Å²) in [6, 6.07) is 35.8. The van der Waals surface area contributed by atoms with Gasteiger partial charge in [-0.25, -0.2) is 4.79 Å². The van der Waals surface area contributed by atoms with Crippen molar-refractivity contribution in [3.8, 4) is 22.3 Å². The van der Waals surface area contributed by atoms with Crippen LogP contribution in [0.5, 0.6) is 0 Å². The van der Waals surface area contributed by atoms with Crippen LogP contribution in [0.15, 0.2) is 114 Å². The van der Waals surface area contributed by atoms with Crippen molar-refractivity contribution in [2.45, 2.75) is 6.61 Å². The molecule has 0 saturated carbocycles. The highest BCUT2D eigenvalue weighted by Crippen LogP contribution is 2.27. The Balaban J connectivity index is 1.21. The van der Waals surface area contributed by atoms with E-state index in [2.05, 4.69) is 23.5 Å². The van der Waals surface area contributed by atoms with Gasteiger partial charge in [0.1, 0.15) is 11.3 Å². The minimum atomic E-state index is -0.525. The van der Waals surface area contributed by atoms with E-state index in [9.17, 15) is 4.79 Å². The van der Waals surface area contributed by atoms with Crippen molar-refractivity contribution in [2.24, 2.45) is 0 Å². The third-order valence-electron chi connectivity index (χ3n) is 5.26. The van der Waals surface area contributed by atoms with Gasteiger partial charge in [0.15, 0.2) is 6.61 Å². The molecule has 0 aliphatic rings. The fraction of sp³-hybridized carbons (Fsp3) is 0.0357. The minimum Gasteiger partial charge on any atom is -0.457 e. The summed E-state index contributed by atoms with van der Waals surface area (Å²) in [5, 5.41) is 3.73. The van der Waals surface area contributed by atoms with Crippen LogP contribution >= 0.6 is 0 Å². The zero-order valence-electron chi connectivity index (χ0n) is 17.3. The molecule has 5 aromatic rings. The highest BCUT2D eigenvalue weighted by atomic mass is 16.6. The summed E-state index contributed by atoms with van der Waals surface area (Å²) in [5.41, 5.74) is 5.91. The van der Waals surface area contributed by atoms with Gasteiger partial charge in [0.25, 0.3) is 0 Å². The first kappa shape index (κ1) is 19.6. The normalized spacial score (nSPS) is 10.8. The van der Waals surface area contributed by atoms with E-state index < -0.39 is 6.09 Å². The zero-order chi connectivity index (χ0) is 21.8. The molecule has 5 rings (SSSR count). The summed E-state index contributed by atoms with van der Waals surface area (Å²) in [7, 11) is 0. The molecule has 0 atom stereocenters. The lowest BCUT2D eigenvalue weighted by Crippen LogP contribution is -2.13. The Labute approximate surface area is 186 Å². The molecule has 0 unspecified atom stereocenters. The number of fused-ring (bicyclic) bond motifs is 1. The number of amides is 1. The molecule has 0 saturated heterocycles. The first-order valence-electron chi connectivity index (χ1n) is 10.4. The fourth-order valence-electron chi connectivity index (χ4n) is 3.65. The summed E-state index contributed by atoms with van der Waals surface area (Å²) in [6.45, 7) is 0.0588. The van der Waals surface area contributed by atoms with Gasteiger partial charge >= 0.3 is 6.09 Å². The zero-order valence-corrected chi connectivity index (χ0v) is 17.3. The highest BCUT2D eigenvalue weighted by Gasteiger charge is 2.09. The smallest absolute Gasteiger partial charge is 0.412 e. The molecule has 1 N–H and O–H groups in total. The molecular formula is C28H21NO3. The summed E-state index contributed by atoms with van der Waals surface area (Å²) in [6.07, 6.45) is -0.525. The number of benzene rings is 4. The van der Waals surface area contributed by atoms with Crippen LogP contribution in [0, 0.1) is 0 Å². The largest absolute Gasteiger partial charge is 0.457 e. The lowest BCUT2D eigenvalue weighted by Gasteiger charge is -2.07. The molecule has 4 heteroatoms. The van der Waals surface area contributed by atoms with Crippen molar-refractivity contribution in [2.75, 3.05) is 5.32 Å². The Morgan fingerprint density at radius 2 is 1.28 bits per heavy atom. The van der Waals surface area contributed by atoms with Crippen LogP contribution in [-0.2, 0) is 11.3 Å². The monoisotopic (exact) mass is 419 g/mol. The van der Waals surface area contributed by atoms with Crippen molar-refractivity contribution in [1.29, 1.82) is 0 Å². The number of hydrogen-bond acceptors (Lipinski definition) is 3. The van der Waals surface area contributed by atoms with Gasteiger partial charge in [-0.15, -0.1) is 0 Å². The Kier molecular flexibility index (Phi) is 5.41. The van der Waals surface area contributed by atoms with E-state index in [1.807, 2.05) is 91.0 Å². The van der Waals surface area contributed by atoms with E-state index in [1.54, 1.807) is 0 Å². The van der Waals surface area contributed by atoms with Gasteiger partial charge in [-0.2, -0.15) is 0 Å². The summed E-state index contributed by atoms with van der Waals surface area (Å²) < 4.78 is 11.2. The topological polar surface area (TPSA) is 51.5 Å². The number of anilines is 1. The molecule has 156 valence electrons. The Morgan fingerprint density at radius 1 is 0.688 bits per heavy atom. The number of carbonyl (C=O) groups excluding carboxylic acids is 1. The second-order valence-electron chi connectivity index (χ2n) is 7.48. The second kappa shape index (κ2) is 8.82. The predicted octanol–water partition coefficient (Wildman–Crippen LogP) is 7.52. The first-order chi connectivity index (χ1) is 15.7. The summed E-state index contributed by atoms with van der Waals surface area (Å²) >= 11 is 0. The molecule has 1 amide bonds. The number of nitrogens with one attached hydrogen (secondary N) is 1. The van der Waals surface area contributed by atoms with Crippen LogP contribution < -0.4 is 5.32 Å². The van der Waals surface area contributed by atoms with Crippen LogP contribution in [-0.4, -0.2) is 6.09 Å². The standard InChI is InChI=1S/C28H21NO3/c30-28(29-25-14-11-22(12-15-25)20-7-3-1-4-8-20)31-19-26-18-24-17-23(13-16-27(24)32-26)21-9-5-2-6-10-21/h1-18H,19H2,(H,29,30). The molecule has 32 heavy (non-hydrogen) atoms. The Morgan fingerprint density at radius 3 is 1.97 bits per heavy atom. The number of ether oxygens (including phenoxy) is 1. The maximum absolute atomic E-state index is 12.2. The fourth-order valence-corrected chi connectivity index (χ4v) is 3.65. The quantitative estimate of drug-likeness (QED) is 0.321. The maximum Gasteiger partial charge on any atom is 0.412 e. The molecule has 4 aromatic carbocycles. The average Bonchev–Trinajstić information content (AvgIpc) is 3.27. The SMILES string of the molecule is O=C(Nc1ccc(-c2ccccc2)cc1)OCc1cc2cc(-c3ccccc3)ccc2o1. The highest BCUT2D eigenvalue weighted by molar-refractivity contribution is 5.86. The Hall–Kier alpha value is -4.31. The van der Waals surface area contributed by atoms with Gasteiger partial charge in [0.05, 0.1) is 0 Å². The lowest BCUT2D eigenvalue weighted by atomic mass is 10.0. The third kappa shape index (κ3) is 4.40. The number of rotatable bonds is 5. The lowest BCUT2D eigenvalue weighted by molar-refractivity contribution is 0.147. The number of furan rings is 1. The van der Waals surface area contributed by atoms with E-state index in [4.69, 9.17) is 9.15 Å². The molecule has 0 bridgehead atoms. The van der Waals surface area contributed by atoms with E-state index in [-0.39, 0.29) is 6.61 Å². The van der Waals surface area contributed by atoms with Crippen molar-refractivity contribution >= 4 is 22.7 Å². The summed E-state index contributed by atoms with van der Waals surface area (Å²) in [5.74, 6) is 0.597. The number of carbonyl (C=O) groups is 1. The second-order valence-corrected chi connectivity index (χ2v) is 7.48. The van der Waals surface area contributed by atoms with Gasteiger partial charge in [0.2, 0.25) is 0 Å². The van der Waals surface area contributed by atoms with Crippen LogP contribution in [0.3, 0.4) is 0 Å². The van der Waals surface area contributed by atoms with E-state index in [0.717, 1.165) is 33.2 Å². The maximum atomic E-state index is 12.2. The van der Waals surface area contributed by atoms with Gasteiger partial charge in [-0.3, -0.25) is 5.32 Å². The van der Waals surface area contributed by atoms with Crippen molar-refractivity contribution in [3.63, 3.8) is 0 Å². The molecule has 0 aliphatic heterocycles. The van der Waals surface area contributed by atoms with Gasteiger partial charge < -0.3 is 9.15 Å². The molecule has 0 radical (unpaired) electrons. The van der Waals surface area contributed by atoms with Crippen molar-refractivity contribution in [1.82, 2.24) is 0 Å². The molecule has 1 heterocycles.